The third kappa shape index (κ3) is 1.15. The van der Waals surface area contributed by atoms with Gasteiger partial charge in [0.2, 0.25) is 5.91 Å². The van der Waals surface area contributed by atoms with Crippen molar-refractivity contribution in [2.24, 2.45) is 0 Å². The minimum absolute atomic E-state index is 0.148. The van der Waals surface area contributed by atoms with Crippen molar-refractivity contribution in [2.75, 3.05) is 12.3 Å². The molecule has 0 aromatic carbocycles. The Hall–Kier alpha value is -0.180. The van der Waals surface area contributed by atoms with Gasteiger partial charge in [-0.05, 0) is 0 Å². The van der Waals surface area contributed by atoms with Gasteiger partial charge in [-0.25, -0.2) is 0 Å². The second-order valence-corrected chi connectivity index (χ2v) is 2.64. The third-order valence-corrected chi connectivity index (χ3v) is 1.88. The zero-order valence-corrected chi connectivity index (χ0v) is 5.57. The van der Waals surface area contributed by atoms with Crippen molar-refractivity contribution in [3.63, 3.8) is 0 Å². The number of carbonyl (C=O) groups is 1. The maximum absolute atomic E-state index is 10.5. The molecule has 0 N–H and O–H groups in total. The van der Waals surface area contributed by atoms with Gasteiger partial charge in [-0.2, -0.15) is 0 Å². The molecule has 1 aliphatic heterocycles. The van der Waals surface area contributed by atoms with Crippen LogP contribution in [-0.2, 0) is 4.79 Å². The highest BCUT2D eigenvalue weighted by Crippen LogP contribution is 2.17. The maximum Gasteiger partial charge on any atom is 0.220 e. The first-order valence-corrected chi connectivity index (χ1v) is 3.58. The summed E-state index contributed by atoms with van der Waals surface area (Å²) in [6.07, 6.45) is 0. The molecular formula is C5H8NOS. The van der Waals surface area contributed by atoms with Crippen LogP contribution in [0.15, 0.2) is 0 Å². The first-order valence-electron chi connectivity index (χ1n) is 2.53. The zero-order chi connectivity index (χ0) is 5.98. The summed E-state index contributed by atoms with van der Waals surface area (Å²) in [5.41, 5.74) is 0. The van der Waals surface area contributed by atoms with Crippen LogP contribution in [0.1, 0.15) is 6.92 Å². The summed E-state index contributed by atoms with van der Waals surface area (Å²) in [5.74, 6) is 3.08. The van der Waals surface area contributed by atoms with Crippen LogP contribution >= 0.6 is 11.8 Å². The van der Waals surface area contributed by atoms with Crippen molar-refractivity contribution in [3.05, 3.63) is 5.88 Å². The Labute approximate surface area is 53.2 Å². The summed E-state index contributed by atoms with van der Waals surface area (Å²) in [6, 6.07) is 0. The van der Waals surface area contributed by atoms with Crippen LogP contribution in [0.25, 0.3) is 0 Å². The first kappa shape index (κ1) is 5.95. The van der Waals surface area contributed by atoms with Gasteiger partial charge in [0.05, 0.1) is 0 Å². The topological polar surface area (TPSA) is 20.3 Å². The Morgan fingerprint density at radius 3 is 2.88 bits per heavy atom. The summed E-state index contributed by atoms with van der Waals surface area (Å²) in [6.45, 7) is 2.47. The maximum atomic E-state index is 10.5. The van der Waals surface area contributed by atoms with Crippen LogP contribution < -0.4 is 0 Å². The number of hydrogen-bond donors (Lipinski definition) is 0. The smallest absolute Gasteiger partial charge is 0.220 e. The average Bonchev–Trinajstić information content (AvgIpc) is 2.12. The molecule has 0 unspecified atom stereocenters. The minimum Gasteiger partial charge on any atom is -0.327 e. The highest BCUT2D eigenvalue weighted by Gasteiger charge is 2.13. The van der Waals surface area contributed by atoms with Gasteiger partial charge in [-0.15, -0.1) is 11.8 Å². The molecule has 2 nitrogen and oxygen atoms in total. The van der Waals surface area contributed by atoms with Crippen LogP contribution in [0.2, 0.25) is 0 Å². The van der Waals surface area contributed by atoms with E-state index in [1.165, 1.54) is 0 Å². The minimum atomic E-state index is 0.148. The fourth-order valence-electron chi connectivity index (χ4n) is 0.578. The predicted molar refractivity (Wildman–Crippen MR) is 34.1 cm³/mol. The molecule has 1 heterocycles. The second-order valence-electron chi connectivity index (χ2n) is 1.69. The van der Waals surface area contributed by atoms with E-state index in [1.807, 2.05) is 5.88 Å². The number of hydrogen-bond acceptors (Lipinski definition) is 2. The summed E-state index contributed by atoms with van der Waals surface area (Å²) in [7, 11) is 0. The van der Waals surface area contributed by atoms with Gasteiger partial charge in [0.1, 0.15) is 5.88 Å². The highest BCUT2D eigenvalue weighted by atomic mass is 32.2. The molecule has 0 aromatic rings. The Morgan fingerprint density at radius 2 is 2.62 bits per heavy atom. The molecule has 1 aliphatic rings. The number of carbonyl (C=O) groups excluding carboxylic acids is 1. The van der Waals surface area contributed by atoms with E-state index in [0.29, 0.717) is 0 Å². The zero-order valence-electron chi connectivity index (χ0n) is 4.76. The van der Waals surface area contributed by atoms with Crippen molar-refractivity contribution in [1.82, 2.24) is 4.90 Å². The molecule has 0 aliphatic carbocycles. The van der Waals surface area contributed by atoms with E-state index in [0.717, 1.165) is 12.3 Å². The lowest BCUT2D eigenvalue weighted by atomic mass is 10.6. The first-order chi connectivity index (χ1) is 3.80. The van der Waals surface area contributed by atoms with E-state index in [1.54, 1.807) is 23.6 Å². The van der Waals surface area contributed by atoms with Gasteiger partial charge in [0.25, 0.3) is 0 Å². The van der Waals surface area contributed by atoms with E-state index in [-0.39, 0.29) is 5.91 Å². The average molecular weight is 130 g/mol. The molecule has 0 atom stereocenters. The molecular weight excluding hydrogens is 122 g/mol. The van der Waals surface area contributed by atoms with E-state index in [9.17, 15) is 4.79 Å². The van der Waals surface area contributed by atoms with Crippen molar-refractivity contribution in [2.45, 2.75) is 6.92 Å². The Morgan fingerprint density at radius 1 is 1.88 bits per heavy atom. The summed E-state index contributed by atoms with van der Waals surface area (Å²) in [4.78, 5) is 12.3. The highest BCUT2D eigenvalue weighted by molar-refractivity contribution is 8.01. The SMILES string of the molecule is CC(=O)N1[CH]SCC1. The lowest BCUT2D eigenvalue weighted by Crippen LogP contribution is -2.21. The van der Waals surface area contributed by atoms with Gasteiger partial charge in [-0.3, -0.25) is 4.79 Å². The lowest BCUT2D eigenvalue weighted by Gasteiger charge is -2.08. The fraction of sp³-hybridized carbons (Fsp3) is 0.600. The quantitative estimate of drug-likeness (QED) is 0.481. The molecule has 8 heavy (non-hydrogen) atoms. The monoisotopic (exact) mass is 130 g/mol. The van der Waals surface area contributed by atoms with E-state index < -0.39 is 0 Å². The summed E-state index contributed by atoms with van der Waals surface area (Å²) < 4.78 is 0. The van der Waals surface area contributed by atoms with Crippen LogP contribution in [0, 0.1) is 5.88 Å². The Kier molecular flexibility index (Phi) is 1.78. The van der Waals surface area contributed by atoms with Gasteiger partial charge in [0.15, 0.2) is 0 Å². The lowest BCUT2D eigenvalue weighted by molar-refractivity contribution is -0.126. The van der Waals surface area contributed by atoms with E-state index >= 15 is 0 Å². The standard InChI is InChI=1S/C5H8NOS/c1-5(7)6-2-3-8-4-6/h4H,2-3H2,1H3. The van der Waals surface area contributed by atoms with Crippen molar-refractivity contribution < 1.29 is 4.79 Å². The molecule has 1 radical (unpaired) electrons. The van der Waals surface area contributed by atoms with Crippen molar-refractivity contribution >= 4 is 17.7 Å². The van der Waals surface area contributed by atoms with Crippen LogP contribution in [0.4, 0.5) is 0 Å². The summed E-state index contributed by atoms with van der Waals surface area (Å²) in [5, 5.41) is 0. The molecule has 0 spiro atoms. The van der Waals surface area contributed by atoms with Gasteiger partial charge in [-0.1, -0.05) is 0 Å². The fourth-order valence-corrected chi connectivity index (χ4v) is 1.42. The molecule has 1 saturated heterocycles. The number of amides is 1. The van der Waals surface area contributed by atoms with Crippen molar-refractivity contribution in [1.29, 1.82) is 0 Å². The number of thioether (sulfide) groups is 1. The van der Waals surface area contributed by atoms with Gasteiger partial charge in [0, 0.05) is 19.2 Å². The number of nitrogens with zero attached hydrogens (tertiary/aromatic N) is 1. The molecule has 45 valence electrons. The molecule has 0 saturated carbocycles. The Bertz CT molecular complexity index is 98.6. The normalized spacial score (nSPS) is 19.4. The van der Waals surface area contributed by atoms with Crippen LogP contribution in [0.5, 0.6) is 0 Å². The molecule has 1 fully saturated rings. The molecule has 3 heteroatoms. The van der Waals surface area contributed by atoms with Gasteiger partial charge >= 0.3 is 0 Å². The van der Waals surface area contributed by atoms with E-state index in [4.69, 9.17) is 0 Å². The molecule has 1 rings (SSSR count). The van der Waals surface area contributed by atoms with Crippen LogP contribution in [-0.4, -0.2) is 23.1 Å². The molecule has 1 amide bonds. The Balaban J connectivity index is 2.35. The van der Waals surface area contributed by atoms with Gasteiger partial charge < -0.3 is 4.90 Å². The largest absolute Gasteiger partial charge is 0.327 e. The molecule has 0 aromatic heterocycles. The van der Waals surface area contributed by atoms with Crippen molar-refractivity contribution in [3.8, 4) is 0 Å². The van der Waals surface area contributed by atoms with E-state index in [2.05, 4.69) is 0 Å². The third-order valence-electron chi connectivity index (χ3n) is 1.06. The number of rotatable bonds is 0. The second kappa shape index (κ2) is 2.40. The van der Waals surface area contributed by atoms with Crippen LogP contribution in [0.3, 0.4) is 0 Å². The summed E-state index contributed by atoms with van der Waals surface area (Å²) >= 11 is 1.69. The molecule has 0 bridgehead atoms. The predicted octanol–water partition coefficient (Wildman–Crippen LogP) is 0.701.